The lowest BCUT2D eigenvalue weighted by Crippen LogP contribution is -2.12. The maximum Gasteiger partial charge on any atom is 0.267 e. The third-order valence-corrected chi connectivity index (χ3v) is 4.57. The van der Waals surface area contributed by atoms with Gasteiger partial charge in [0, 0.05) is 0 Å². The molecule has 1 N–H and O–H groups in total. The van der Waals surface area contributed by atoms with Crippen LogP contribution in [0.2, 0.25) is 0 Å². The first kappa shape index (κ1) is 16.2. The minimum Gasteiger partial charge on any atom is -0.455 e. The molecule has 0 saturated heterocycles. The number of carbonyl (C=O) groups is 1. The second-order valence-electron chi connectivity index (χ2n) is 5.51. The average Bonchev–Trinajstić information content (AvgIpc) is 2.90. The van der Waals surface area contributed by atoms with Gasteiger partial charge < -0.3 is 10.1 Å². The van der Waals surface area contributed by atoms with Gasteiger partial charge in [-0.2, -0.15) is 0 Å². The van der Waals surface area contributed by atoms with Gasteiger partial charge in [-0.1, -0.05) is 29.8 Å². The average molecular weight is 338 g/mol. The molecule has 24 heavy (non-hydrogen) atoms. The van der Waals surface area contributed by atoms with E-state index in [4.69, 9.17) is 4.74 Å². The number of thiazole rings is 1. The van der Waals surface area contributed by atoms with Gasteiger partial charge >= 0.3 is 0 Å². The molecule has 3 rings (SSSR count). The molecule has 0 aliphatic heterocycles. The quantitative estimate of drug-likeness (QED) is 0.719. The number of nitrogens with zero attached hydrogens (tertiary/aromatic N) is 1. The van der Waals surface area contributed by atoms with E-state index < -0.39 is 0 Å². The van der Waals surface area contributed by atoms with Gasteiger partial charge in [0.25, 0.3) is 5.91 Å². The molecule has 0 saturated carbocycles. The van der Waals surface area contributed by atoms with Crippen LogP contribution in [0.3, 0.4) is 0 Å². The Balaban J connectivity index is 1.82. The molecule has 1 aromatic heterocycles. The number of aryl methyl sites for hydroxylation is 3. The summed E-state index contributed by atoms with van der Waals surface area (Å²) in [7, 11) is 0. The molecule has 1 amide bonds. The lowest BCUT2D eigenvalue weighted by molar-refractivity contribution is 0.102. The van der Waals surface area contributed by atoms with E-state index in [0.717, 1.165) is 16.5 Å². The number of para-hydroxylation sites is 2. The molecular formula is C19H18N2O2S. The van der Waals surface area contributed by atoms with Crippen molar-refractivity contribution in [3.05, 3.63) is 69.7 Å². The van der Waals surface area contributed by atoms with Gasteiger partial charge in [0.15, 0.2) is 5.75 Å². The smallest absolute Gasteiger partial charge is 0.267 e. The van der Waals surface area contributed by atoms with Crippen molar-refractivity contribution in [1.82, 2.24) is 4.98 Å². The van der Waals surface area contributed by atoms with Crippen LogP contribution in [-0.4, -0.2) is 10.9 Å². The first-order valence-electron chi connectivity index (χ1n) is 7.62. The summed E-state index contributed by atoms with van der Waals surface area (Å²) in [6, 6.07) is 15.2. The molecule has 2 aromatic carbocycles. The molecule has 0 unspecified atom stereocenters. The molecule has 0 fully saturated rings. The van der Waals surface area contributed by atoms with Crippen molar-refractivity contribution < 1.29 is 9.53 Å². The highest BCUT2D eigenvalue weighted by molar-refractivity contribution is 7.13. The Labute approximate surface area is 145 Å². The normalized spacial score (nSPS) is 10.5. The van der Waals surface area contributed by atoms with Crippen molar-refractivity contribution in [2.75, 3.05) is 5.32 Å². The molecule has 0 aliphatic rings. The van der Waals surface area contributed by atoms with Crippen LogP contribution in [0.4, 0.5) is 5.69 Å². The van der Waals surface area contributed by atoms with E-state index in [-0.39, 0.29) is 5.91 Å². The zero-order chi connectivity index (χ0) is 17.1. The van der Waals surface area contributed by atoms with Crippen LogP contribution in [-0.2, 0) is 0 Å². The molecule has 0 aliphatic carbocycles. The molecule has 3 aromatic rings. The predicted octanol–water partition coefficient (Wildman–Crippen LogP) is 5.11. The molecule has 0 bridgehead atoms. The first-order chi connectivity index (χ1) is 11.5. The molecule has 4 nitrogen and oxygen atoms in total. The summed E-state index contributed by atoms with van der Waals surface area (Å²) in [6.07, 6.45) is 0. The summed E-state index contributed by atoms with van der Waals surface area (Å²) < 4.78 is 5.91. The number of carbonyl (C=O) groups excluding carboxylic acids is 1. The van der Waals surface area contributed by atoms with Crippen LogP contribution in [0.25, 0.3) is 0 Å². The fourth-order valence-electron chi connectivity index (χ4n) is 2.31. The van der Waals surface area contributed by atoms with Gasteiger partial charge in [-0.15, -0.1) is 11.3 Å². The van der Waals surface area contributed by atoms with Gasteiger partial charge in [0.05, 0.1) is 16.4 Å². The SMILES string of the molecule is Cc1ccc(Oc2ccccc2NC(=O)c2sc(C)nc2C)cc1. The molecular weight excluding hydrogens is 320 g/mol. The zero-order valence-corrected chi connectivity index (χ0v) is 14.6. The highest BCUT2D eigenvalue weighted by Crippen LogP contribution is 2.30. The number of ether oxygens (including phenoxy) is 1. The number of aromatic nitrogens is 1. The van der Waals surface area contributed by atoms with E-state index in [2.05, 4.69) is 10.3 Å². The highest BCUT2D eigenvalue weighted by atomic mass is 32.1. The minimum absolute atomic E-state index is 0.168. The van der Waals surface area contributed by atoms with E-state index in [0.29, 0.717) is 16.3 Å². The van der Waals surface area contributed by atoms with Crippen molar-refractivity contribution in [1.29, 1.82) is 0 Å². The largest absolute Gasteiger partial charge is 0.455 e. The van der Waals surface area contributed by atoms with E-state index in [1.165, 1.54) is 16.9 Å². The van der Waals surface area contributed by atoms with Gasteiger partial charge in [0.2, 0.25) is 0 Å². The van der Waals surface area contributed by atoms with Crippen molar-refractivity contribution >= 4 is 22.9 Å². The Bertz CT molecular complexity index is 869. The van der Waals surface area contributed by atoms with Crippen molar-refractivity contribution in [3.8, 4) is 11.5 Å². The van der Waals surface area contributed by atoms with E-state index >= 15 is 0 Å². The number of hydrogen-bond acceptors (Lipinski definition) is 4. The van der Waals surface area contributed by atoms with Gasteiger partial charge in [-0.3, -0.25) is 4.79 Å². The molecule has 0 spiro atoms. The third-order valence-electron chi connectivity index (χ3n) is 3.49. The van der Waals surface area contributed by atoms with Crippen LogP contribution >= 0.6 is 11.3 Å². The number of anilines is 1. The Morgan fingerprint density at radius 2 is 1.75 bits per heavy atom. The lowest BCUT2D eigenvalue weighted by Gasteiger charge is -2.12. The van der Waals surface area contributed by atoms with Crippen molar-refractivity contribution in [3.63, 3.8) is 0 Å². The summed E-state index contributed by atoms with van der Waals surface area (Å²) in [5, 5.41) is 3.80. The van der Waals surface area contributed by atoms with E-state index in [1.807, 2.05) is 69.3 Å². The number of rotatable bonds is 4. The standard InChI is InChI=1S/C19H18N2O2S/c1-12-8-10-15(11-9-12)23-17-7-5-4-6-16(17)21-19(22)18-13(2)20-14(3)24-18/h4-11H,1-3H3,(H,21,22). The van der Waals surface area contributed by atoms with E-state index in [1.54, 1.807) is 0 Å². The fourth-order valence-corrected chi connectivity index (χ4v) is 3.13. The summed E-state index contributed by atoms with van der Waals surface area (Å²) in [6.45, 7) is 5.76. The molecule has 1 heterocycles. The number of amides is 1. The molecule has 122 valence electrons. The second-order valence-corrected chi connectivity index (χ2v) is 6.72. The second kappa shape index (κ2) is 6.84. The fraction of sp³-hybridized carbons (Fsp3) is 0.158. The lowest BCUT2D eigenvalue weighted by atomic mass is 10.2. The molecule has 0 radical (unpaired) electrons. The van der Waals surface area contributed by atoms with Crippen molar-refractivity contribution in [2.24, 2.45) is 0 Å². The Hall–Kier alpha value is -2.66. The maximum absolute atomic E-state index is 12.5. The van der Waals surface area contributed by atoms with Crippen LogP contribution < -0.4 is 10.1 Å². The van der Waals surface area contributed by atoms with E-state index in [9.17, 15) is 4.79 Å². The van der Waals surface area contributed by atoms with Crippen LogP contribution in [0.1, 0.15) is 25.9 Å². The maximum atomic E-state index is 12.5. The molecule has 5 heteroatoms. The van der Waals surface area contributed by atoms with Gasteiger partial charge in [-0.25, -0.2) is 4.98 Å². The minimum atomic E-state index is -0.168. The summed E-state index contributed by atoms with van der Waals surface area (Å²) in [5.74, 6) is 1.17. The van der Waals surface area contributed by atoms with Gasteiger partial charge in [-0.05, 0) is 45.0 Å². The van der Waals surface area contributed by atoms with Crippen LogP contribution in [0, 0.1) is 20.8 Å². The number of nitrogens with one attached hydrogen (secondary N) is 1. The Morgan fingerprint density at radius 3 is 2.42 bits per heavy atom. The summed E-state index contributed by atoms with van der Waals surface area (Å²) in [4.78, 5) is 17.4. The van der Waals surface area contributed by atoms with Crippen LogP contribution in [0.15, 0.2) is 48.5 Å². The van der Waals surface area contributed by atoms with Crippen LogP contribution in [0.5, 0.6) is 11.5 Å². The van der Waals surface area contributed by atoms with Gasteiger partial charge in [0.1, 0.15) is 10.6 Å². The highest BCUT2D eigenvalue weighted by Gasteiger charge is 2.15. The number of benzene rings is 2. The summed E-state index contributed by atoms with van der Waals surface area (Å²) >= 11 is 1.39. The first-order valence-corrected chi connectivity index (χ1v) is 8.43. The van der Waals surface area contributed by atoms with Crippen molar-refractivity contribution in [2.45, 2.75) is 20.8 Å². The Morgan fingerprint density at radius 1 is 1.04 bits per heavy atom. The predicted molar refractivity (Wildman–Crippen MR) is 97.2 cm³/mol. The zero-order valence-electron chi connectivity index (χ0n) is 13.8. The molecule has 0 atom stereocenters. The number of hydrogen-bond donors (Lipinski definition) is 1. The Kier molecular flexibility index (Phi) is 4.62. The summed E-state index contributed by atoms with van der Waals surface area (Å²) in [5.41, 5.74) is 2.54. The third kappa shape index (κ3) is 3.63. The topological polar surface area (TPSA) is 51.2 Å². The monoisotopic (exact) mass is 338 g/mol.